The lowest BCUT2D eigenvalue weighted by Crippen LogP contribution is -2.29. The average molecular weight is 350 g/mol. The maximum Gasteiger partial charge on any atom is 0.251 e. The highest BCUT2D eigenvalue weighted by Crippen LogP contribution is 2.26. The molecule has 2 aromatic carbocycles. The van der Waals surface area contributed by atoms with Gasteiger partial charge in [0.15, 0.2) is 11.5 Å². The van der Waals surface area contributed by atoms with Gasteiger partial charge >= 0.3 is 0 Å². The Bertz CT molecular complexity index is 616. The molecule has 2 aromatic rings. The van der Waals surface area contributed by atoms with Crippen LogP contribution < -0.4 is 10.1 Å². The lowest BCUT2D eigenvalue weighted by atomic mass is 10.1. The first-order valence-corrected chi connectivity index (χ1v) is 7.56. The summed E-state index contributed by atoms with van der Waals surface area (Å²) in [7, 11) is 1.46. The van der Waals surface area contributed by atoms with E-state index in [0.29, 0.717) is 16.6 Å². The molecule has 2 N–H and O–H groups in total. The number of hydrogen-bond acceptors (Lipinski definition) is 3. The van der Waals surface area contributed by atoms with Gasteiger partial charge in [0.05, 0.1) is 13.2 Å². The number of methoxy groups -OCH3 is 1. The van der Waals surface area contributed by atoms with E-state index in [9.17, 15) is 9.90 Å². The van der Waals surface area contributed by atoms with Gasteiger partial charge in [0.2, 0.25) is 0 Å². The van der Waals surface area contributed by atoms with Crippen LogP contribution in [0.4, 0.5) is 0 Å². The number of hydrogen-bond donors (Lipinski definition) is 2. The Balaban J connectivity index is 2.15. The second-order valence-corrected chi connectivity index (χ2v) is 5.13. The van der Waals surface area contributed by atoms with Crippen molar-refractivity contribution < 1.29 is 14.6 Å². The first kappa shape index (κ1) is 15.4. The summed E-state index contributed by atoms with van der Waals surface area (Å²) in [5, 5.41) is 13.3. The van der Waals surface area contributed by atoms with E-state index in [2.05, 4.69) is 21.2 Å². The standard InChI is InChI=1S/C16H16BrNO3/c1-21-15-8-7-12(9-14(15)19)16(20)18-13(10-17)11-5-3-2-4-6-11/h2-9,13,19H,10H2,1H3,(H,18,20). The minimum atomic E-state index is -0.249. The van der Waals surface area contributed by atoms with Crippen LogP contribution in [0.1, 0.15) is 22.0 Å². The van der Waals surface area contributed by atoms with Crippen LogP contribution in [-0.2, 0) is 0 Å². The van der Waals surface area contributed by atoms with Gasteiger partial charge in [0, 0.05) is 10.9 Å². The minimum Gasteiger partial charge on any atom is -0.504 e. The molecule has 2 rings (SSSR count). The molecule has 1 unspecified atom stereocenters. The maximum absolute atomic E-state index is 12.3. The maximum atomic E-state index is 12.3. The fraction of sp³-hybridized carbons (Fsp3) is 0.188. The lowest BCUT2D eigenvalue weighted by molar-refractivity contribution is 0.0940. The SMILES string of the molecule is COc1ccc(C(=O)NC(CBr)c2ccccc2)cc1O. The molecule has 0 aliphatic rings. The first-order valence-electron chi connectivity index (χ1n) is 6.44. The molecule has 0 heterocycles. The number of aromatic hydroxyl groups is 1. The van der Waals surface area contributed by atoms with Crippen molar-refractivity contribution in [3.05, 3.63) is 59.7 Å². The second-order valence-electron chi connectivity index (χ2n) is 4.48. The largest absolute Gasteiger partial charge is 0.504 e. The van der Waals surface area contributed by atoms with Crippen LogP contribution in [0.15, 0.2) is 48.5 Å². The van der Waals surface area contributed by atoms with Crippen molar-refractivity contribution in [2.24, 2.45) is 0 Å². The van der Waals surface area contributed by atoms with Crippen molar-refractivity contribution in [2.45, 2.75) is 6.04 Å². The highest BCUT2D eigenvalue weighted by molar-refractivity contribution is 9.09. The van der Waals surface area contributed by atoms with Crippen LogP contribution in [0, 0.1) is 0 Å². The van der Waals surface area contributed by atoms with Crippen molar-refractivity contribution in [2.75, 3.05) is 12.4 Å². The number of benzene rings is 2. The molecule has 0 aliphatic carbocycles. The van der Waals surface area contributed by atoms with Crippen molar-refractivity contribution in [1.29, 1.82) is 0 Å². The molecule has 0 fully saturated rings. The van der Waals surface area contributed by atoms with E-state index in [1.807, 2.05) is 30.3 Å². The van der Waals surface area contributed by atoms with Gasteiger partial charge in [-0.2, -0.15) is 0 Å². The van der Waals surface area contributed by atoms with Gasteiger partial charge < -0.3 is 15.2 Å². The van der Waals surface area contributed by atoms with Crippen molar-refractivity contribution >= 4 is 21.8 Å². The third kappa shape index (κ3) is 3.76. The molecule has 4 nitrogen and oxygen atoms in total. The molecule has 0 bridgehead atoms. The van der Waals surface area contributed by atoms with E-state index in [0.717, 1.165) is 5.56 Å². The Morgan fingerprint density at radius 1 is 1.29 bits per heavy atom. The minimum absolute atomic E-state index is 0.0553. The summed E-state index contributed by atoms with van der Waals surface area (Å²) >= 11 is 3.41. The highest BCUT2D eigenvalue weighted by atomic mass is 79.9. The van der Waals surface area contributed by atoms with E-state index in [-0.39, 0.29) is 17.7 Å². The predicted molar refractivity (Wildman–Crippen MR) is 85.1 cm³/mol. The molecule has 1 amide bonds. The fourth-order valence-corrected chi connectivity index (χ4v) is 2.50. The van der Waals surface area contributed by atoms with Gasteiger partial charge in [-0.3, -0.25) is 4.79 Å². The Hall–Kier alpha value is -2.01. The number of ether oxygens (including phenoxy) is 1. The van der Waals surface area contributed by atoms with Gasteiger partial charge in [-0.1, -0.05) is 46.3 Å². The van der Waals surface area contributed by atoms with Crippen LogP contribution in [-0.4, -0.2) is 23.5 Å². The first-order chi connectivity index (χ1) is 10.2. The van der Waals surface area contributed by atoms with E-state index in [4.69, 9.17) is 4.74 Å². The third-order valence-electron chi connectivity index (χ3n) is 3.10. The highest BCUT2D eigenvalue weighted by Gasteiger charge is 2.15. The summed E-state index contributed by atoms with van der Waals surface area (Å²) in [6.45, 7) is 0. The number of amides is 1. The normalized spacial score (nSPS) is 11.7. The molecular formula is C16H16BrNO3. The number of nitrogens with one attached hydrogen (secondary N) is 1. The number of halogens is 1. The molecule has 0 aliphatic heterocycles. The van der Waals surface area contributed by atoms with Crippen molar-refractivity contribution in [1.82, 2.24) is 5.32 Å². The fourth-order valence-electron chi connectivity index (χ4n) is 1.97. The summed E-state index contributed by atoms with van der Waals surface area (Å²) in [5.41, 5.74) is 1.40. The summed E-state index contributed by atoms with van der Waals surface area (Å²) in [6.07, 6.45) is 0. The zero-order valence-corrected chi connectivity index (χ0v) is 13.1. The lowest BCUT2D eigenvalue weighted by Gasteiger charge is -2.17. The van der Waals surface area contributed by atoms with Gasteiger partial charge in [0.1, 0.15) is 0 Å². The monoisotopic (exact) mass is 349 g/mol. The van der Waals surface area contributed by atoms with E-state index in [1.54, 1.807) is 12.1 Å². The van der Waals surface area contributed by atoms with E-state index >= 15 is 0 Å². The Morgan fingerprint density at radius 3 is 2.57 bits per heavy atom. The number of carbonyl (C=O) groups excluding carboxylic acids is 1. The predicted octanol–water partition coefficient (Wildman–Crippen LogP) is 3.27. The summed E-state index contributed by atoms with van der Waals surface area (Å²) < 4.78 is 4.96. The zero-order chi connectivity index (χ0) is 15.2. The number of phenolic OH excluding ortho intramolecular Hbond substituents is 1. The Labute approximate surface area is 131 Å². The number of rotatable bonds is 5. The molecule has 21 heavy (non-hydrogen) atoms. The molecule has 0 saturated carbocycles. The summed E-state index contributed by atoms with van der Waals surface area (Å²) in [6, 6.07) is 14.1. The smallest absolute Gasteiger partial charge is 0.251 e. The van der Waals surface area contributed by atoms with Crippen LogP contribution in [0.3, 0.4) is 0 Å². The molecule has 1 atom stereocenters. The van der Waals surface area contributed by atoms with Gasteiger partial charge in [-0.05, 0) is 23.8 Å². The van der Waals surface area contributed by atoms with Crippen LogP contribution in [0.25, 0.3) is 0 Å². The molecular weight excluding hydrogens is 334 g/mol. The average Bonchev–Trinajstić information content (AvgIpc) is 2.53. The topological polar surface area (TPSA) is 58.6 Å². The molecule has 0 radical (unpaired) electrons. The molecule has 110 valence electrons. The van der Waals surface area contributed by atoms with Gasteiger partial charge in [-0.25, -0.2) is 0 Å². The van der Waals surface area contributed by atoms with E-state index < -0.39 is 0 Å². The Kier molecular flexibility index (Phi) is 5.22. The van der Waals surface area contributed by atoms with Gasteiger partial charge in [-0.15, -0.1) is 0 Å². The molecule has 0 saturated heterocycles. The van der Waals surface area contributed by atoms with Crippen molar-refractivity contribution in [3.8, 4) is 11.5 Å². The molecule has 5 heteroatoms. The van der Waals surface area contributed by atoms with E-state index in [1.165, 1.54) is 13.2 Å². The molecule has 0 spiro atoms. The van der Waals surface area contributed by atoms with Gasteiger partial charge in [0.25, 0.3) is 5.91 Å². The molecule has 0 aromatic heterocycles. The third-order valence-corrected chi connectivity index (χ3v) is 3.75. The quantitative estimate of drug-likeness (QED) is 0.814. The van der Waals surface area contributed by atoms with Crippen molar-refractivity contribution in [3.63, 3.8) is 0 Å². The zero-order valence-electron chi connectivity index (χ0n) is 11.5. The van der Waals surface area contributed by atoms with Crippen LogP contribution >= 0.6 is 15.9 Å². The Morgan fingerprint density at radius 2 is 2.00 bits per heavy atom. The second kappa shape index (κ2) is 7.13. The summed E-state index contributed by atoms with van der Waals surface area (Å²) in [5.74, 6) is 0.0353. The summed E-state index contributed by atoms with van der Waals surface area (Å²) in [4.78, 5) is 12.3. The number of carbonyl (C=O) groups is 1. The number of phenols is 1. The van der Waals surface area contributed by atoms with Crippen LogP contribution in [0.5, 0.6) is 11.5 Å². The number of alkyl halides is 1. The van der Waals surface area contributed by atoms with Crippen LogP contribution in [0.2, 0.25) is 0 Å².